The van der Waals surface area contributed by atoms with Crippen molar-refractivity contribution in [1.82, 2.24) is 0 Å². The summed E-state index contributed by atoms with van der Waals surface area (Å²) in [7, 11) is 0. The van der Waals surface area contributed by atoms with Crippen LogP contribution in [0.3, 0.4) is 0 Å². The lowest BCUT2D eigenvalue weighted by molar-refractivity contribution is -0.118. The molecule has 0 aromatic heterocycles. The average molecular weight is 310 g/mol. The van der Waals surface area contributed by atoms with Gasteiger partial charge in [0.2, 0.25) is 0 Å². The quantitative estimate of drug-likeness (QED) is 0.802. The molecular weight excluding hydrogens is 292 g/mol. The highest BCUT2D eigenvalue weighted by Gasteiger charge is 2.41. The molecule has 0 bridgehead atoms. The Kier molecular flexibility index (Phi) is 3.99. The number of fused-ring (bicyclic) bond motifs is 1. The van der Waals surface area contributed by atoms with Crippen LogP contribution in [0.2, 0.25) is 0 Å². The molecule has 2 aliphatic rings. The van der Waals surface area contributed by atoms with Gasteiger partial charge in [-0.3, -0.25) is 9.59 Å². The molecule has 1 aromatic rings. The zero-order valence-electron chi connectivity index (χ0n) is 13.0. The fourth-order valence-electron chi connectivity index (χ4n) is 3.24. The summed E-state index contributed by atoms with van der Waals surface area (Å²) < 4.78 is 5.24. The van der Waals surface area contributed by atoms with Crippen LogP contribution in [0.4, 0.5) is 0 Å². The Morgan fingerprint density at radius 3 is 2.70 bits per heavy atom. The molecule has 0 N–H and O–H groups in total. The van der Waals surface area contributed by atoms with E-state index in [9.17, 15) is 14.4 Å². The van der Waals surface area contributed by atoms with Crippen LogP contribution >= 0.6 is 0 Å². The van der Waals surface area contributed by atoms with Gasteiger partial charge in [-0.2, -0.15) is 0 Å². The van der Waals surface area contributed by atoms with E-state index in [0.29, 0.717) is 29.6 Å². The van der Waals surface area contributed by atoms with E-state index in [1.54, 1.807) is 30.3 Å². The standard InChI is InChI=1S/C19H18O4/c1-19-10-7-15(20)14(17(19)16(21)8-11-19)9-12-23-18(22)13-5-3-2-4-6-13/h2-6,8,11H,7,9-10,12H2,1H3/t19-/m1/s1. The van der Waals surface area contributed by atoms with E-state index in [-0.39, 0.29) is 30.0 Å². The number of ketones is 2. The maximum Gasteiger partial charge on any atom is 0.338 e. The Bertz CT molecular complexity index is 727. The first-order valence-electron chi connectivity index (χ1n) is 7.74. The van der Waals surface area contributed by atoms with E-state index in [1.807, 2.05) is 19.1 Å². The highest BCUT2D eigenvalue weighted by molar-refractivity contribution is 6.15. The van der Waals surface area contributed by atoms with Crippen LogP contribution in [0.5, 0.6) is 0 Å². The van der Waals surface area contributed by atoms with Crippen molar-refractivity contribution in [3.8, 4) is 0 Å². The average Bonchev–Trinajstić information content (AvgIpc) is 2.86. The molecule has 0 saturated carbocycles. The number of allylic oxidation sites excluding steroid dienone is 3. The summed E-state index contributed by atoms with van der Waals surface area (Å²) in [6.07, 6.45) is 4.81. The summed E-state index contributed by atoms with van der Waals surface area (Å²) in [5, 5.41) is 0. The van der Waals surface area contributed by atoms with Gasteiger partial charge >= 0.3 is 5.97 Å². The molecule has 3 rings (SSSR count). The third kappa shape index (κ3) is 2.89. The van der Waals surface area contributed by atoms with Crippen molar-refractivity contribution in [1.29, 1.82) is 0 Å². The number of esters is 1. The van der Waals surface area contributed by atoms with E-state index in [1.165, 1.54) is 0 Å². The fourth-order valence-corrected chi connectivity index (χ4v) is 3.24. The highest BCUT2D eigenvalue weighted by atomic mass is 16.5. The summed E-state index contributed by atoms with van der Waals surface area (Å²) in [4.78, 5) is 36.2. The molecule has 0 unspecified atom stereocenters. The van der Waals surface area contributed by atoms with Crippen molar-refractivity contribution in [2.45, 2.75) is 26.2 Å². The predicted molar refractivity (Wildman–Crippen MR) is 84.9 cm³/mol. The SMILES string of the molecule is C[C@@]12C=CC(=O)C1=C(CCOC(=O)c1ccccc1)C(=O)CC2. The first-order valence-corrected chi connectivity index (χ1v) is 7.74. The predicted octanol–water partition coefficient (Wildman–Crippen LogP) is 3.04. The second-order valence-electron chi connectivity index (χ2n) is 6.14. The van der Waals surface area contributed by atoms with Crippen LogP contribution in [0, 0.1) is 5.41 Å². The van der Waals surface area contributed by atoms with E-state index in [2.05, 4.69) is 0 Å². The number of carbonyl (C=O) groups is 3. The van der Waals surface area contributed by atoms with Crippen molar-refractivity contribution in [2.24, 2.45) is 5.41 Å². The van der Waals surface area contributed by atoms with Crippen LogP contribution in [-0.4, -0.2) is 24.1 Å². The first kappa shape index (κ1) is 15.4. The largest absolute Gasteiger partial charge is 0.462 e. The lowest BCUT2D eigenvalue weighted by Gasteiger charge is -2.30. The molecular formula is C19H18O4. The second-order valence-corrected chi connectivity index (χ2v) is 6.14. The molecule has 0 spiro atoms. The summed E-state index contributed by atoms with van der Waals surface area (Å²) in [5.41, 5.74) is 1.24. The zero-order valence-corrected chi connectivity index (χ0v) is 13.0. The Morgan fingerprint density at radius 1 is 1.22 bits per heavy atom. The molecule has 0 saturated heterocycles. The third-order valence-corrected chi connectivity index (χ3v) is 4.52. The van der Waals surface area contributed by atoms with Gasteiger partial charge in [-0.05, 0) is 24.6 Å². The van der Waals surface area contributed by atoms with E-state index < -0.39 is 5.97 Å². The maximum atomic E-state index is 12.2. The molecule has 0 aliphatic heterocycles. The minimum Gasteiger partial charge on any atom is -0.462 e. The normalized spacial score (nSPS) is 23.2. The third-order valence-electron chi connectivity index (χ3n) is 4.52. The monoisotopic (exact) mass is 310 g/mol. The van der Waals surface area contributed by atoms with Crippen molar-refractivity contribution >= 4 is 17.5 Å². The Balaban J connectivity index is 1.71. The lowest BCUT2D eigenvalue weighted by Crippen LogP contribution is -2.28. The Hall–Kier alpha value is -2.49. The lowest BCUT2D eigenvalue weighted by atomic mass is 9.72. The van der Waals surface area contributed by atoms with Gasteiger partial charge in [-0.1, -0.05) is 31.2 Å². The topological polar surface area (TPSA) is 60.4 Å². The molecule has 23 heavy (non-hydrogen) atoms. The van der Waals surface area contributed by atoms with Crippen molar-refractivity contribution < 1.29 is 19.1 Å². The minimum atomic E-state index is -0.418. The molecule has 0 fully saturated rings. The van der Waals surface area contributed by atoms with Crippen LogP contribution in [0.1, 0.15) is 36.5 Å². The fraction of sp³-hybridized carbons (Fsp3) is 0.316. The number of hydrogen-bond donors (Lipinski definition) is 0. The minimum absolute atomic E-state index is 0.00900. The van der Waals surface area contributed by atoms with E-state index in [0.717, 1.165) is 0 Å². The van der Waals surface area contributed by atoms with Crippen molar-refractivity contribution in [3.63, 3.8) is 0 Å². The van der Waals surface area contributed by atoms with Crippen LogP contribution in [-0.2, 0) is 14.3 Å². The van der Waals surface area contributed by atoms with Gasteiger partial charge in [0, 0.05) is 29.4 Å². The van der Waals surface area contributed by atoms with Gasteiger partial charge in [0.1, 0.15) is 0 Å². The molecule has 0 amide bonds. The molecule has 2 aliphatic carbocycles. The molecule has 4 nitrogen and oxygen atoms in total. The van der Waals surface area contributed by atoms with Gasteiger partial charge in [0.05, 0.1) is 12.2 Å². The Labute approximate surface area is 134 Å². The van der Waals surface area contributed by atoms with E-state index in [4.69, 9.17) is 4.74 Å². The Morgan fingerprint density at radius 2 is 1.96 bits per heavy atom. The number of hydrogen-bond acceptors (Lipinski definition) is 4. The zero-order chi connectivity index (χ0) is 16.4. The first-order chi connectivity index (χ1) is 11.0. The van der Waals surface area contributed by atoms with Crippen LogP contribution < -0.4 is 0 Å². The number of rotatable bonds is 4. The van der Waals surface area contributed by atoms with Gasteiger partial charge in [0.25, 0.3) is 0 Å². The van der Waals surface area contributed by atoms with E-state index >= 15 is 0 Å². The van der Waals surface area contributed by atoms with Gasteiger partial charge < -0.3 is 4.74 Å². The van der Waals surface area contributed by atoms with Crippen LogP contribution in [0.25, 0.3) is 0 Å². The molecule has 118 valence electrons. The van der Waals surface area contributed by atoms with Gasteiger partial charge in [-0.15, -0.1) is 0 Å². The smallest absolute Gasteiger partial charge is 0.338 e. The summed E-state index contributed by atoms with van der Waals surface area (Å²) in [6, 6.07) is 8.71. The molecule has 0 radical (unpaired) electrons. The summed E-state index contributed by atoms with van der Waals surface area (Å²) in [5.74, 6) is -0.520. The van der Waals surface area contributed by atoms with Crippen molar-refractivity contribution in [3.05, 3.63) is 59.2 Å². The second kappa shape index (κ2) is 5.95. The molecule has 1 aromatic carbocycles. The van der Waals surface area contributed by atoms with Crippen LogP contribution in [0.15, 0.2) is 53.6 Å². The number of benzene rings is 1. The summed E-state index contributed by atoms with van der Waals surface area (Å²) >= 11 is 0. The maximum absolute atomic E-state index is 12.2. The van der Waals surface area contributed by atoms with Gasteiger partial charge in [0.15, 0.2) is 11.6 Å². The highest BCUT2D eigenvalue weighted by Crippen LogP contribution is 2.45. The molecule has 1 atom stereocenters. The summed E-state index contributed by atoms with van der Waals surface area (Å²) in [6.45, 7) is 2.08. The molecule has 4 heteroatoms. The number of ether oxygens (including phenoxy) is 1. The number of carbonyl (C=O) groups excluding carboxylic acids is 3. The van der Waals surface area contributed by atoms with Gasteiger partial charge in [-0.25, -0.2) is 4.79 Å². The van der Waals surface area contributed by atoms with Crippen molar-refractivity contribution in [2.75, 3.05) is 6.61 Å². The number of Topliss-reactive ketones (excluding diaryl/α,β-unsaturated/α-hetero) is 1. The molecule has 0 heterocycles.